The molecule has 2 N–H and O–H groups in total. The van der Waals surface area contributed by atoms with Crippen LogP contribution in [-0.2, 0) is 6.42 Å². The minimum absolute atomic E-state index is 0.0977. The number of anilines is 1. The molecule has 3 heteroatoms. The first-order valence-electron chi connectivity index (χ1n) is 5.58. The zero-order valence-corrected chi connectivity index (χ0v) is 10.5. The van der Waals surface area contributed by atoms with Crippen molar-refractivity contribution in [3.8, 4) is 5.75 Å². The third-order valence-electron chi connectivity index (χ3n) is 2.54. The van der Waals surface area contributed by atoms with E-state index in [1.807, 2.05) is 26.0 Å². The van der Waals surface area contributed by atoms with Gasteiger partial charge in [-0.15, -0.1) is 0 Å². The number of aryl methyl sites for hydroxylation is 1. The van der Waals surface area contributed by atoms with Gasteiger partial charge in [0.1, 0.15) is 5.75 Å². The molecule has 0 heterocycles. The molecule has 0 unspecified atom stereocenters. The van der Waals surface area contributed by atoms with Gasteiger partial charge in [0.15, 0.2) is 0 Å². The number of nitrogens with one attached hydrogen (secondary N) is 1. The van der Waals surface area contributed by atoms with Crippen LogP contribution in [0, 0.1) is 0 Å². The van der Waals surface area contributed by atoms with Gasteiger partial charge < -0.3 is 15.2 Å². The van der Waals surface area contributed by atoms with Gasteiger partial charge in [-0.3, -0.25) is 0 Å². The highest BCUT2D eigenvalue weighted by Crippen LogP contribution is 2.24. The molecule has 0 saturated heterocycles. The number of hydrogen-bond donors (Lipinski definition) is 2. The number of aliphatic hydroxyl groups excluding tert-OH is 1. The Labute approximate surface area is 97.4 Å². The van der Waals surface area contributed by atoms with E-state index in [-0.39, 0.29) is 12.1 Å². The fourth-order valence-electron chi connectivity index (χ4n) is 1.56. The van der Waals surface area contributed by atoms with E-state index in [1.54, 1.807) is 7.11 Å². The van der Waals surface area contributed by atoms with Gasteiger partial charge in [-0.05, 0) is 44.0 Å². The molecule has 0 saturated carbocycles. The Kier molecular flexibility index (Phi) is 4.19. The number of hydrogen-bond acceptors (Lipinski definition) is 3. The van der Waals surface area contributed by atoms with Crippen LogP contribution in [0.15, 0.2) is 18.2 Å². The highest BCUT2D eigenvalue weighted by Gasteiger charge is 2.16. The Morgan fingerprint density at radius 1 is 1.38 bits per heavy atom. The van der Waals surface area contributed by atoms with Crippen LogP contribution >= 0.6 is 0 Å². The minimum Gasteiger partial charge on any atom is -0.496 e. The largest absolute Gasteiger partial charge is 0.496 e. The third kappa shape index (κ3) is 3.14. The highest BCUT2D eigenvalue weighted by molar-refractivity contribution is 5.52. The summed E-state index contributed by atoms with van der Waals surface area (Å²) in [6, 6.07) is 5.99. The zero-order chi connectivity index (χ0) is 12.2. The maximum atomic E-state index is 9.20. The van der Waals surface area contributed by atoms with Gasteiger partial charge in [0.25, 0.3) is 0 Å². The summed E-state index contributed by atoms with van der Waals surface area (Å²) in [5.41, 5.74) is 1.87. The molecule has 3 nitrogen and oxygen atoms in total. The van der Waals surface area contributed by atoms with Crippen molar-refractivity contribution in [3.63, 3.8) is 0 Å². The fraction of sp³-hybridized carbons (Fsp3) is 0.538. The summed E-state index contributed by atoms with van der Waals surface area (Å²) in [5.74, 6) is 0.912. The van der Waals surface area contributed by atoms with Crippen LogP contribution in [0.5, 0.6) is 5.75 Å². The predicted molar refractivity (Wildman–Crippen MR) is 67.2 cm³/mol. The predicted octanol–water partition coefficient (Wildman–Crippen LogP) is 2.44. The topological polar surface area (TPSA) is 41.5 Å². The average Bonchev–Trinajstić information content (AvgIpc) is 2.28. The lowest BCUT2D eigenvalue weighted by molar-refractivity contribution is 0.234. The first-order valence-corrected chi connectivity index (χ1v) is 5.58. The number of aliphatic hydroxyl groups is 1. The van der Waals surface area contributed by atoms with E-state index in [0.717, 1.165) is 17.9 Å². The lowest BCUT2D eigenvalue weighted by Crippen LogP contribution is -2.34. The third-order valence-corrected chi connectivity index (χ3v) is 2.54. The molecule has 0 amide bonds. The van der Waals surface area contributed by atoms with Gasteiger partial charge in [0.05, 0.1) is 19.3 Å². The Morgan fingerprint density at radius 2 is 2.06 bits per heavy atom. The van der Waals surface area contributed by atoms with Gasteiger partial charge >= 0.3 is 0 Å². The summed E-state index contributed by atoms with van der Waals surface area (Å²) in [4.78, 5) is 0. The zero-order valence-electron chi connectivity index (χ0n) is 10.5. The first-order chi connectivity index (χ1) is 7.52. The number of rotatable bonds is 5. The van der Waals surface area contributed by atoms with E-state index < -0.39 is 0 Å². The molecule has 0 spiro atoms. The standard InChI is InChI=1S/C13H21NO2/c1-5-10-8-11(6-7-12(10)16-4)14-13(2,3)9-15/h6-8,14-15H,5,9H2,1-4H3. The second-order valence-corrected chi connectivity index (χ2v) is 4.55. The van der Waals surface area contributed by atoms with Gasteiger partial charge in [-0.1, -0.05) is 6.92 Å². The Morgan fingerprint density at radius 3 is 2.56 bits per heavy atom. The van der Waals surface area contributed by atoms with Crippen LogP contribution in [0.25, 0.3) is 0 Å². The SMILES string of the molecule is CCc1cc(NC(C)(C)CO)ccc1OC. The molecule has 0 aliphatic carbocycles. The maximum Gasteiger partial charge on any atom is 0.122 e. The maximum absolute atomic E-state index is 9.20. The molecule has 90 valence electrons. The molecule has 0 bridgehead atoms. The van der Waals surface area contributed by atoms with Crippen molar-refractivity contribution in [3.05, 3.63) is 23.8 Å². The number of benzene rings is 1. The van der Waals surface area contributed by atoms with E-state index in [1.165, 1.54) is 5.56 Å². The smallest absolute Gasteiger partial charge is 0.122 e. The van der Waals surface area contributed by atoms with Crippen LogP contribution in [-0.4, -0.2) is 24.4 Å². The average molecular weight is 223 g/mol. The normalized spacial score (nSPS) is 11.3. The van der Waals surface area contributed by atoms with Crippen molar-refractivity contribution < 1.29 is 9.84 Å². The number of ether oxygens (including phenoxy) is 1. The van der Waals surface area contributed by atoms with E-state index in [9.17, 15) is 5.11 Å². The quantitative estimate of drug-likeness (QED) is 0.805. The van der Waals surface area contributed by atoms with Gasteiger partial charge in [0.2, 0.25) is 0 Å². The number of methoxy groups -OCH3 is 1. The molecule has 0 radical (unpaired) electrons. The summed E-state index contributed by atoms with van der Waals surface area (Å²) in [7, 11) is 1.68. The van der Waals surface area contributed by atoms with Crippen LogP contribution in [0.4, 0.5) is 5.69 Å². The minimum atomic E-state index is -0.306. The molecule has 0 aliphatic heterocycles. The van der Waals surface area contributed by atoms with Crippen molar-refractivity contribution in [2.75, 3.05) is 19.0 Å². The Bertz CT molecular complexity index is 348. The molecular weight excluding hydrogens is 202 g/mol. The Balaban J connectivity index is 2.91. The first kappa shape index (κ1) is 12.8. The second kappa shape index (κ2) is 5.21. The van der Waals surface area contributed by atoms with Gasteiger partial charge in [-0.25, -0.2) is 0 Å². The van der Waals surface area contributed by atoms with Crippen LogP contribution in [0.1, 0.15) is 26.3 Å². The summed E-state index contributed by atoms with van der Waals surface area (Å²) in [5, 5.41) is 12.5. The molecule has 0 aliphatic rings. The van der Waals surface area contributed by atoms with Crippen LogP contribution in [0.2, 0.25) is 0 Å². The summed E-state index contributed by atoms with van der Waals surface area (Å²) in [6.45, 7) is 6.12. The molecular formula is C13H21NO2. The monoisotopic (exact) mass is 223 g/mol. The van der Waals surface area contributed by atoms with E-state index in [2.05, 4.69) is 18.3 Å². The van der Waals surface area contributed by atoms with E-state index in [4.69, 9.17) is 4.74 Å². The van der Waals surface area contributed by atoms with Crippen LogP contribution in [0.3, 0.4) is 0 Å². The highest BCUT2D eigenvalue weighted by atomic mass is 16.5. The molecule has 16 heavy (non-hydrogen) atoms. The summed E-state index contributed by atoms with van der Waals surface area (Å²) in [6.07, 6.45) is 0.929. The van der Waals surface area contributed by atoms with Crippen molar-refractivity contribution in [2.45, 2.75) is 32.7 Å². The van der Waals surface area contributed by atoms with Crippen molar-refractivity contribution in [1.29, 1.82) is 0 Å². The van der Waals surface area contributed by atoms with E-state index in [0.29, 0.717) is 0 Å². The van der Waals surface area contributed by atoms with E-state index >= 15 is 0 Å². The molecule has 0 atom stereocenters. The van der Waals surface area contributed by atoms with Gasteiger partial charge in [0, 0.05) is 5.69 Å². The van der Waals surface area contributed by atoms with Crippen LogP contribution < -0.4 is 10.1 Å². The molecule has 0 fully saturated rings. The fourth-order valence-corrected chi connectivity index (χ4v) is 1.56. The summed E-state index contributed by atoms with van der Waals surface area (Å²) >= 11 is 0. The molecule has 1 aromatic rings. The van der Waals surface area contributed by atoms with Gasteiger partial charge in [-0.2, -0.15) is 0 Å². The van der Waals surface area contributed by atoms with Crippen molar-refractivity contribution in [1.82, 2.24) is 0 Å². The van der Waals surface area contributed by atoms with Crippen molar-refractivity contribution in [2.24, 2.45) is 0 Å². The molecule has 0 aromatic heterocycles. The van der Waals surface area contributed by atoms with Crippen molar-refractivity contribution >= 4 is 5.69 Å². The second-order valence-electron chi connectivity index (χ2n) is 4.55. The lowest BCUT2D eigenvalue weighted by atomic mass is 10.1. The molecule has 1 aromatic carbocycles. The Hall–Kier alpha value is -1.22. The lowest BCUT2D eigenvalue weighted by Gasteiger charge is -2.25. The summed E-state index contributed by atoms with van der Waals surface area (Å²) < 4.78 is 5.27. The molecule has 1 rings (SSSR count).